The molecule has 9 nitrogen and oxygen atoms in total. The molecule has 0 aliphatic carbocycles. The van der Waals surface area contributed by atoms with Crippen LogP contribution in [0.2, 0.25) is 0 Å². The number of ketones is 1. The Labute approximate surface area is 198 Å². The Bertz CT molecular complexity index is 1320. The molecule has 4 rings (SSSR count). The first-order valence-electron chi connectivity index (χ1n) is 11.1. The molecule has 1 aromatic carbocycles. The first-order chi connectivity index (χ1) is 16.2. The molecule has 10 heteroatoms. The van der Waals surface area contributed by atoms with E-state index in [0.29, 0.717) is 17.7 Å². The van der Waals surface area contributed by atoms with E-state index in [0.717, 1.165) is 11.4 Å². The van der Waals surface area contributed by atoms with Crippen molar-refractivity contribution in [3.05, 3.63) is 65.2 Å². The van der Waals surface area contributed by atoms with E-state index in [4.69, 9.17) is 9.47 Å². The monoisotopic (exact) mass is 485 g/mol. The molecule has 2 aromatic heterocycles. The summed E-state index contributed by atoms with van der Waals surface area (Å²) < 4.78 is 38.1. The lowest BCUT2D eigenvalue weighted by Crippen LogP contribution is -2.16. The molecule has 1 unspecified atom stereocenters. The van der Waals surface area contributed by atoms with Crippen molar-refractivity contribution < 1.29 is 27.5 Å². The van der Waals surface area contributed by atoms with Crippen LogP contribution < -0.4 is 4.74 Å². The Kier molecular flexibility index (Phi) is 6.60. The van der Waals surface area contributed by atoms with Crippen LogP contribution in [-0.4, -0.2) is 59.2 Å². The highest BCUT2D eigenvalue weighted by Gasteiger charge is 2.32. The van der Waals surface area contributed by atoms with Crippen LogP contribution in [0.3, 0.4) is 0 Å². The zero-order valence-electron chi connectivity index (χ0n) is 19.4. The van der Waals surface area contributed by atoms with Gasteiger partial charge < -0.3 is 14.0 Å². The molecule has 34 heavy (non-hydrogen) atoms. The minimum Gasteiger partial charge on any atom is -0.481 e. The smallest absolute Gasteiger partial charge is 0.362 e. The fourth-order valence-corrected chi connectivity index (χ4v) is 6.04. The SMILES string of the molecule is CCOC(=O)c1nn(-c2ccccc2)cc1OCC(=O)c1cc(C)n(C2CCS(=O)(=O)C2)c1C. The number of para-hydroxylation sites is 1. The molecule has 1 atom stereocenters. The van der Waals surface area contributed by atoms with Crippen LogP contribution in [0.15, 0.2) is 42.6 Å². The van der Waals surface area contributed by atoms with Crippen LogP contribution in [-0.2, 0) is 14.6 Å². The standard InChI is InChI=1S/C24H27N3O6S/c1-4-32-24(29)23-22(13-26(25-23)18-8-6-5-7-9-18)33-14-21(28)20-12-16(2)27(17(20)3)19-10-11-34(30,31)15-19/h5-9,12-13,19H,4,10-11,14-15H2,1-3H3. The number of benzene rings is 1. The molecule has 1 aliphatic heterocycles. The van der Waals surface area contributed by atoms with Crippen LogP contribution in [0.1, 0.15) is 51.6 Å². The first kappa shape index (κ1) is 23.7. The lowest BCUT2D eigenvalue weighted by molar-refractivity contribution is 0.0513. The molecule has 0 bridgehead atoms. The van der Waals surface area contributed by atoms with Crippen molar-refractivity contribution >= 4 is 21.6 Å². The van der Waals surface area contributed by atoms with E-state index in [1.807, 2.05) is 48.7 Å². The van der Waals surface area contributed by atoms with E-state index in [1.54, 1.807) is 19.2 Å². The largest absolute Gasteiger partial charge is 0.481 e. The van der Waals surface area contributed by atoms with E-state index >= 15 is 0 Å². The van der Waals surface area contributed by atoms with E-state index in [2.05, 4.69) is 5.10 Å². The number of ether oxygens (including phenoxy) is 2. The van der Waals surface area contributed by atoms with Crippen LogP contribution >= 0.6 is 0 Å². The van der Waals surface area contributed by atoms with Gasteiger partial charge in [-0.15, -0.1) is 0 Å². The third kappa shape index (κ3) is 4.77. The normalized spacial score (nSPS) is 17.0. The maximum absolute atomic E-state index is 13.0. The van der Waals surface area contributed by atoms with Crippen LogP contribution in [0, 0.1) is 13.8 Å². The number of rotatable bonds is 8. The fourth-order valence-electron chi connectivity index (χ4n) is 4.34. The second-order valence-corrected chi connectivity index (χ2v) is 10.5. The van der Waals surface area contributed by atoms with Gasteiger partial charge in [-0.05, 0) is 45.4 Å². The van der Waals surface area contributed by atoms with Crippen molar-refractivity contribution in [2.24, 2.45) is 0 Å². The molecular formula is C24H27N3O6S. The molecule has 180 valence electrons. The molecule has 0 amide bonds. The highest BCUT2D eigenvalue weighted by Crippen LogP contribution is 2.29. The average Bonchev–Trinajstić information content (AvgIpc) is 3.47. The van der Waals surface area contributed by atoms with Crippen LogP contribution in [0.25, 0.3) is 5.69 Å². The third-order valence-corrected chi connectivity index (χ3v) is 7.64. The molecule has 0 N–H and O–H groups in total. The molecule has 0 spiro atoms. The zero-order valence-corrected chi connectivity index (χ0v) is 20.2. The summed E-state index contributed by atoms with van der Waals surface area (Å²) >= 11 is 0. The Hall–Kier alpha value is -3.40. The number of aromatic nitrogens is 3. The molecule has 0 saturated carbocycles. The summed E-state index contributed by atoms with van der Waals surface area (Å²) in [5, 5.41) is 4.30. The summed E-state index contributed by atoms with van der Waals surface area (Å²) in [5.74, 6) is -0.535. The van der Waals surface area contributed by atoms with Crippen molar-refractivity contribution in [2.75, 3.05) is 24.7 Å². The second kappa shape index (κ2) is 9.46. The number of hydrogen-bond acceptors (Lipinski definition) is 7. The molecular weight excluding hydrogens is 458 g/mol. The first-order valence-corrected chi connectivity index (χ1v) is 12.9. The lowest BCUT2D eigenvalue weighted by Gasteiger charge is -2.16. The number of aryl methyl sites for hydroxylation is 1. The minimum absolute atomic E-state index is 0.0138. The number of sulfone groups is 1. The van der Waals surface area contributed by atoms with Crippen LogP contribution in [0.5, 0.6) is 5.75 Å². The van der Waals surface area contributed by atoms with Gasteiger partial charge in [0.15, 0.2) is 22.2 Å². The highest BCUT2D eigenvalue weighted by atomic mass is 32.2. The van der Waals surface area contributed by atoms with Gasteiger partial charge in [0.05, 0.1) is 30.0 Å². The van der Waals surface area contributed by atoms with Gasteiger partial charge in [-0.2, -0.15) is 5.10 Å². The van der Waals surface area contributed by atoms with E-state index in [-0.39, 0.29) is 48.0 Å². The van der Waals surface area contributed by atoms with Crippen molar-refractivity contribution in [3.8, 4) is 11.4 Å². The van der Waals surface area contributed by atoms with Gasteiger partial charge in [0.25, 0.3) is 0 Å². The van der Waals surface area contributed by atoms with Gasteiger partial charge in [0, 0.05) is 23.0 Å². The zero-order chi connectivity index (χ0) is 24.5. The Morgan fingerprint density at radius 1 is 1.18 bits per heavy atom. The van der Waals surface area contributed by atoms with Gasteiger partial charge in [-0.3, -0.25) is 4.79 Å². The molecule has 3 heterocycles. The predicted molar refractivity (Wildman–Crippen MR) is 126 cm³/mol. The Balaban J connectivity index is 1.56. The van der Waals surface area contributed by atoms with Crippen molar-refractivity contribution in [2.45, 2.75) is 33.2 Å². The average molecular weight is 486 g/mol. The Morgan fingerprint density at radius 3 is 2.56 bits per heavy atom. The number of esters is 1. The molecule has 3 aromatic rings. The van der Waals surface area contributed by atoms with E-state index in [1.165, 1.54) is 4.68 Å². The third-order valence-electron chi connectivity index (χ3n) is 5.89. The van der Waals surface area contributed by atoms with Gasteiger partial charge in [0.2, 0.25) is 11.5 Å². The molecule has 1 aliphatic rings. The van der Waals surface area contributed by atoms with Gasteiger partial charge in [-0.1, -0.05) is 18.2 Å². The predicted octanol–water partition coefficient (Wildman–Crippen LogP) is 3.09. The number of hydrogen-bond donors (Lipinski definition) is 0. The summed E-state index contributed by atoms with van der Waals surface area (Å²) in [6.07, 6.45) is 2.08. The lowest BCUT2D eigenvalue weighted by atomic mass is 10.1. The topological polar surface area (TPSA) is 109 Å². The second-order valence-electron chi connectivity index (χ2n) is 8.27. The van der Waals surface area contributed by atoms with Gasteiger partial charge >= 0.3 is 5.97 Å². The number of carbonyl (C=O) groups excluding carboxylic acids is 2. The summed E-state index contributed by atoms with van der Waals surface area (Å²) in [4.78, 5) is 25.4. The van der Waals surface area contributed by atoms with E-state index in [9.17, 15) is 18.0 Å². The summed E-state index contributed by atoms with van der Waals surface area (Å²) in [7, 11) is -3.06. The number of carbonyl (C=O) groups is 2. The quantitative estimate of drug-likeness (QED) is 0.356. The summed E-state index contributed by atoms with van der Waals surface area (Å²) in [6, 6.07) is 10.8. The van der Waals surface area contributed by atoms with Crippen molar-refractivity contribution in [1.29, 1.82) is 0 Å². The number of Topliss-reactive ketones (excluding diaryl/α,β-unsaturated/α-hetero) is 1. The molecule has 1 saturated heterocycles. The number of nitrogens with zero attached hydrogens (tertiary/aromatic N) is 3. The van der Waals surface area contributed by atoms with Gasteiger partial charge in [-0.25, -0.2) is 17.9 Å². The Morgan fingerprint density at radius 2 is 1.91 bits per heavy atom. The van der Waals surface area contributed by atoms with Crippen LogP contribution in [0.4, 0.5) is 0 Å². The molecule has 0 radical (unpaired) electrons. The summed E-state index contributed by atoms with van der Waals surface area (Å²) in [5.41, 5.74) is 2.71. The van der Waals surface area contributed by atoms with Gasteiger partial charge in [0.1, 0.15) is 0 Å². The van der Waals surface area contributed by atoms with Crippen molar-refractivity contribution in [3.63, 3.8) is 0 Å². The maximum atomic E-state index is 13.0. The van der Waals surface area contributed by atoms with E-state index < -0.39 is 15.8 Å². The summed E-state index contributed by atoms with van der Waals surface area (Å²) in [6.45, 7) is 5.24. The van der Waals surface area contributed by atoms with Crippen molar-refractivity contribution in [1.82, 2.24) is 14.3 Å². The highest BCUT2D eigenvalue weighted by molar-refractivity contribution is 7.91. The molecule has 1 fully saturated rings. The maximum Gasteiger partial charge on any atom is 0.362 e. The minimum atomic E-state index is -3.06. The fraction of sp³-hybridized carbons (Fsp3) is 0.375.